The van der Waals surface area contributed by atoms with Crippen LogP contribution in [0.15, 0.2) is 24.0 Å². The van der Waals surface area contributed by atoms with Crippen LogP contribution in [0.5, 0.6) is 28.7 Å². The van der Waals surface area contributed by atoms with Crippen molar-refractivity contribution in [1.82, 2.24) is 4.90 Å². The Morgan fingerprint density at radius 2 is 1.72 bits per heavy atom. The summed E-state index contributed by atoms with van der Waals surface area (Å²) in [6.45, 7) is 8.51. The summed E-state index contributed by atoms with van der Waals surface area (Å²) < 4.78 is 28.3. The monoisotopic (exact) mass is 439 g/mol. The van der Waals surface area contributed by atoms with Gasteiger partial charge in [-0.25, -0.2) is 0 Å². The molecule has 2 aromatic rings. The van der Waals surface area contributed by atoms with E-state index in [2.05, 4.69) is 18.7 Å². The van der Waals surface area contributed by atoms with Gasteiger partial charge in [-0.2, -0.15) is 0 Å². The average molecular weight is 440 g/mol. The summed E-state index contributed by atoms with van der Waals surface area (Å²) in [5.41, 5.74) is 3.07. The summed E-state index contributed by atoms with van der Waals surface area (Å²) in [5.74, 6) is 3.59. The molecule has 0 saturated heterocycles. The lowest BCUT2D eigenvalue weighted by molar-refractivity contribution is 0.0835. The highest BCUT2D eigenvalue weighted by Gasteiger charge is 2.34. The molecular weight excluding hydrogens is 410 g/mol. The predicted molar refractivity (Wildman–Crippen MR) is 121 cm³/mol. The number of rotatable bonds is 6. The van der Waals surface area contributed by atoms with Crippen LogP contribution in [0.1, 0.15) is 40.9 Å². The molecule has 0 N–H and O–H groups in total. The van der Waals surface area contributed by atoms with Gasteiger partial charge in [-0.15, -0.1) is 0 Å². The fraction of sp³-hybridized carbons (Fsp3) is 0.400. The molecule has 7 nitrogen and oxygen atoms in total. The summed E-state index contributed by atoms with van der Waals surface area (Å²) in [7, 11) is 4.68. The molecule has 32 heavy (non-hydrogen) atoms. The van der Waals surface area contributed by atoms with Crippen molar-refractivity contribution >= 4 is 11.9 Å². The zero-order valence-corrected chi connectivity index (χ0v) is 19.4. The molecule has 2 aliphatic heterocycles. The van der Waals surface area contributed by atoms with E-state index in [0.29, 0.717) is 46.8 Å². The molecule has 2 heterocycles. The zero-order valence-electron chi connectivity index (χ0n) is 19.4. The molecule has 4 rings (SSSR count). The van der Waals surface area contributed by atoms with Gasteiger partial charge in [0.25, 0.3) is 0 Å². The number of hydrogen-bond acceptors (Lipinski definition) is 7. The maximum absolute atomic E-state index is 13.2. The molecule has 0 spiro atoms. The molecular formula is C25H29NO6. The number of hydrogen-bond donors (Lipinski definition) is 0. The molecule has 0 fully saturated rings. The second kappa shape index (κ2) is 8.74. The van der Waals surface area contributed by atoms with E-state index in [0.717, 1.165) is 30.0 Å². The van der Waals surface area contributed by atoms with Gasteiger partial charge in [0.2, 0.25) is 5.78 Å². The lowest BCUT2D eigenvalue weighted by Gasteiger charge is -2.31. The molecule has 0 bridgehead atoms. The van der Waals surface area contributed by atoms with Crippen molar-refractivity contribution < 1.29 is 28.5 Å². The number of nitrogens with zero attached hydrogens (tertiary/aromatic N) is 1. The number of carbonyl (C=O) groups excluding carboxylic acids is 1. The summed E-state index contributed by atoms with van der Waals surface area (Å²) in [5, 5.41) is 0. The van der Waals surface area contributed by atoms with Crippen molar-refractivity contribution in [1.29, 1.82) is 0 Å². The summed E-state index contributed by atoms with van der Waals surface area (Å²) in [6.07, 6.45) is 1.67. The van der Waals surface area contributed by atoms with E-state index in [1.165, 1.54) is 0 Å². The number of allylic oxidation sites excluding steroid dienone is 1. The topological polar surface area (TPSA) is 66.5 Å². The molecule has 0 aliphatic carbocycles. The summed E-state index contributed by atoms with van der Waals surface area (Å²) >= 11 is 0. The van der Waals surface area contributed by atoms with Gasteiger partial charge in [-0.3, -0.25) is 9.69 Å². The third-order valence-electron chi connectivity index (χ3n) is 5.65. The highest BCUT2D eigenvalue weighted by molar-refractivity contribution is 6.15. The average Bonchev–Trinajstić information content (AvgIpc) is 3.08. The fourth-order valence-corrected chi connectivity index (χ4v) is 4.24. The number of benzene rings is 2. The fourth-order valence-electron chi connectivity index (χ4n) is 4.24. The minimum Gasteiger partial charge on any atom is -0.496 e. The Balaban J connectivity index is 1.70. The van der Waals surface area contributed by atoms with Crippen molar-refractivity contribution in [2.24, 2.45) is 5.92 Å². The van der Waals surface area contributed by atoms with Crippen molar-refractivity contribution in [3.8, 4) is 28.7 Å². The SMILES string of the molecule is COc1cc(OC)c(OC)cc1/C=C1\Oc2c(cc3c(c2C)OCN(CC(C)C)C3)C1=O. The molecule has 0 amide bonds. The van der Waals surface area contributed by atoms with E-state index >= 15 is 0 Å². The van der Waals surface area contributed by atoms with Crippen LogP contribution in [-0.4, -0.2) is 45.3 Å². The molecule has 170 valence electrons. The van der Waals surface area contributed by atoms with Gasteiger partial charge in [0.1, 0.15) is 24.0 Å². The Kier molecular flexibility index (Phi) is 6.02. The summed E-state index contributed by atoms with van der Waals surface area (Å²) in [6, 6.07) is 5.38. The Hall–Kier alpha value is -3.19. The Bertz CT molecular complexity index is 1090. The van der Waals surface area contributed by atoms with Crippen LogP contribution in [0.25, 0.3) is 6.08 Å². The maximum Gasteiger partial charge on any atom is 0.231 e. The van der Waals surface area contributed by atoms with Gasteiger partial charge in [0.15, 0.2) is 17.3 Å². The molecule has 0 unspecified atom stereocenters. The third-order valence-corrected chi connectivity index (χ3v) is 5.65. The van der Waals surface area contributed by atoms with E-state index in [4.69, 9.17) is 23.7 Å². The first-order valence-corrected chi connectivity index (χ1v) is 10.6. The smallest absolute Gasteiger partial charge is 0.231 e. The van der Waals surface area contributed by atoms with Crippen LogP contribution in [0, 0.1) is 12.8 Å². The van der Waals surface area contributed by atoms with Gasteiger partial charge in [-0.05, 0) is 31.1 Å². The molecule has 7 heteroatoms. The second-order valence-electron chi connectivity index (χ2n) is 8.43. The Labute approximate surface area is 188 Å². The number of Topliss-reactive ketones (excluding diaryl/α,β-unsaturated/α-hetero) is 1. The van der Waals surface area contributed by atoms with Gasteiger partial charge in [-0.1, -0.05) is 13.8 Å². The highest BCUT2D eigenvalue weighted by atomic mass is 16.5. The molecule has 0 radical (unpaired) electrons. The number of ether oxygens (including phenoxy) is 5. The molecule has 2 aliphatic rings. The second-order valence-corrected chi connectivity index (χ2v) is 8.43. The lowest BCUT2D eigenvalue weighted by atomic mass is 9.99. The van der Waals surface area contributed by atoms with Gasteiger partial charge in [0.05, 0.1) is 26.9 Å². The van der Waals surface area contributed by atoms with E-state index in [1.807, 2.05) is 13.0 Å². The van der Waals surface area contributed by atoms with E-state index in [-0.39, 0.29) is 11.5 Å². The molecule has 0 atom stereocenters. The molecule has 0 saturated carbocycles. The van der Waals surface area contributed by atoms with Crippen molar-refractivity contribution in [2.75, 3.05) is 34.6 Å². The van der Waals surface area contributed by atoms with Crippen LogP contribution in [0.3, 0.4) is 0 Å². The van der Waals surface area contributed by atoms with E-state index < -0.39 is 0 Å². The van der Waals surface area contributed by atoms with Crippen LogP contribution >= 0.6 is 0 Å². The highest BCUT2D eigenvalue weighted by Crippen LogP contribution is 2.44. The molecule has 0 aromatic heterocycles. The molecule has 2 aromatic carbocycles. The Morgan fingerprint density at radius 3 is 2.38 bits per heavy atom. The zero-order chi connectivity index (χ0) is 23.0. The van der Waals surface area contributed by atoms with Crippen LogP contribution in [0.4, 0.5) is 0 Å². The number of fused-ring (bicyclic) bond motifs is 2. The lowest BCUT2D eigenvalue weighted by Crippen LogP contribution is -2.35. The number of methoxy groups -OCH3 is 3. The first-order chi connectivity index (χ1) is 15.4. The minimum absolute atomic E-state index is 0.163. The van der Waals surface area contributed by atoms with Crippen molar-refractivity contribution in [3.05, 3.63) is 46.2 Å². The quantitative estimate of drug-likeness (QED) is 0.616. The van der Waals surface area contributed by atoms with Crippen LogP contribution in [0.2, 0.25) is 0 Å². The van der Waals surface area contributed by atoms with E-state index in [1.54, 1.807) is 39.5 Å². The van der Waals surface area contributed by atoms with Gasteiger partial charge < -0.3 is 23.7 Å². The normalized spacial score (nSPS) is 16.5. The van der Waals surface area contributed by atoms with Crippen molar-refractivity contribution in [3.63, 3.8) is 0 Å². The number of carbonyl (C=O) groups is 1. The maximum atomic E-state index is 13.2. The van der Waals surface area contributed by atoms with Crippen molar-refractivity contribution in [2.45, 2.75) is 27.3 Å². The third kappa shape index (κ3) is 3.88. The Morgan fingerprint density at radius 1 is 1.03 bits per heavy atom. The van der Waals surface area contributed by atoms with E-state index in [9.17, 15) is 4.79 Å². The van der Waals surface area contributed by atoms with Crippen LogP contribution < -0.4 is 23.7 Å². The standard InChI is InChI=1S/C25H29NO6/c1-14(2)11-26-12-17-7-18-23(27)22(32-25(18)15(3)24(17)31-13-26)9-16-8-20(29-5)21(30-6)10-19(16)28-4/h7-10,14H,11-13H2,1-6H3/b22-9-. The first-order valence-electron chi connectivity index (χ1n) is 10.6. The predicted octanol–water partition coefficient (Wildman–Crippen LogP) is 4.44. The van der Waals surface area contributed by atoms with Gasteiger partial charge >= 0.3 is 0 Å². The first kappa shape index (κ1) is 22.0. The number of ketones is 1. The van der Waals surface area contributed by atoms with Gasteiger partial charge in [0, 0.05) is 35.8 Å². The largest absolute Gasteiger partial charge is 0.496 e. The summed E-state index contributed by atoms with van der Waals surface area (Å²) in [4.78, 5) is 15.5. The van der Waals surface area contributed by atoms with Crippen LogP contribution in [-0.2, 0) is 6.54 Å². The minimum atomic E-state index is -0.163.